The molecule has 0 heterocycles. The Bertz CT molecular complexity index is 115. The third-order valence-corrected chi connectivity index (χ3v) is 2.62. The first-order valence-electron chi connectivity index (χ1n) is 5.25. The highest BCUT2D eigenvalue weighted by Gasteiger charge is 2.11. The zero-order valence-corrected chi connectivity index (χ0v) is 10.0. The van der Waals surface area contributed by atoms with Gasteiger partial charge in [0.15, 0.2) is 0 Å². The van der Waals surface area contributed by atoms with E-state index in [1.54, 1.807) is 0 Å². The van der Waals surface area contributed by atoms with Crippen molar-refractivity contribution in [3.8, 4) is 0 Å². The molecule has 0 unspecified atom stereocenters. The van der Waals surface area contributed by atoms with Gasteiger partial charge in [0.25, 0.3) is 0 Å². The van der Waals surface area contributed by atoms with Gasteiger partial charge in [0.05, 0.1) is 27.2 Å². The minimum absolute atomic E-state index is 0.842. The van der Waals surface area contributed by atoms with E-state index in [4.69, 9.17) is 5.73 Å². The number of nitrogens with zero attached hydrogens (tertiary/aromatic N) is 1. The molecule has 0 aromatic carbocycles. The smallest absolute Gasteiger partial charge is 0.0871 e. The standard InChI is InChI=1S/C10H24N2S/c1-12(2,9-10-13)8-6-4-3-5-7-11/h3-11H2,1-2H3/p+1. The van der Waals surface area contributed by atoms with E-state index in [0.717, 1.165) is 16.8 Å². The van der Waals surface area contributed by atoms with Gasteiger partial charge < -0.3 is 10.2 Å². The van der Waals surface area contributed by atoms with Gasteiger partial charge in [-0.1, -0.05) is 6.42 Å². The zero-order chi connectivity index (χ0) is 10.2. The molecule has 0 saturated carbocycles. The second kappa shape index (κ2) is 7.65. The molecule has 0 amide bonds. The third kappa shape index (κ3) is 8.60. The van der Waals surface area contributed by atoms with Crippen molar-refractivity contribution in [2.75, 3.05) is 39.5 Å². The van der Waals surface area contributed by atoms with Crippen molar-refractivity contribution in [2.24, 2.45) is 5.73 Å². The predicted octanol–water partition coefficient (Wildman–Crippen LogP) is 1.51. The maximum Gasteiger partial charge on any atom is 0.0871 e. The topological polar surface area (TPSA) is 26.0 Å². The highest BCUT2D eigenvalue weighted by molar-refractivity contribution is 7.80. The SMILES string of the molecule is C[N+](C)(CCS)CCCCCCN. The van der Waals surface area contributed by atoms with E-state index in [9.17, 15) is 0 Å². The van der Waals surface area contributed by atoms with Crippen LogP contribution in [0.2, 0.25) is 0 Å². The van der Waals surface area contributed by atoms with Crippen LogP contribution in [-0.2, 0) is 0 Å². The van der Waals surface area contributed by atoms with Gasteiger partial charge in [0.1, 0.15) is 0 Å². The number of hydrogen-bond acceptors (Lipinski definition) is 2. The largest absolute Gasteiger partial charge is 0.330 e. The Morgan fingerprint density at radius 1 is 1.00 bits per heavy atom. The molecule has 0 aromatic rings. The van der Waals surface area contributed by atoms with Crippen LogP contribution in [0, 0.1) is 0 Å². The van der Waals surface area contributed by atoms with Gasteiger partial charge in [-0.15, -0.1) is 0 Å². The summed E-state index contributed by atoms with van der Waals surface area (Å²) in [6.07, 6.45) is 5.11. The maximum absolute atomic E-state index is 5.43. The van der Waals surface area contributed by atoms with E-state index >= 15 is 0 Å². The van der Waals surface area contributed by atoms with Gasteiger partial charge in [0.2, 0.25) is 0 Å². The van der Waals surface area contributed by atoms with Crippen LogP contribution in [0.15, 0.2) is 0 Å². The fourth-order valence-electron chi connectivity index (χ4n) is 1.42. The Morgan fingerprint density at radius 3 is 2.15 bits per heavy atom. The molecule has 0 rings (SSSR count). The van der Waals surface area contributed by atoms with Crippen molar-refractivity contribution < 1.29 is 4.48 Å². The molecule has 0 bridgehead atoms. The van der Waals surface area contributed by atoms with Crippen molar-refractivity contribution in [3.63, 3.8) is 0 Å². The number of rotatable bonds is 8. The van der Waals surface area contributed by atoms with Crippen LogP contribution >= 0.6 is 12.6 Å². The Hall–Kier alpha value is 0.270. The van der Waals surface area contributed by atoms with Gasteiger partial charge in [-0.05, 0) is 25.8 Å². The molecule has 0 atom stereocenters. The van der Waals surface area contributed by atoms with E-state index in [1.807, 2.05) is 0 Å². The molecule has 0 fully saturated rings. The molecule has 13 heavy (non-hydrogen) atoms. The molecule has 0 radical (unpaired) electrons. The fourth-order valence-corrected chi connectivity index (χ4v) is 1.96. The monoisotopic (exact) mass is 205 g/mol. The number of hydrogen-bond donors (Lipinski definition) is 2. The summed E-state index contributed by atoms with van der Waals surface area (Å²) in [5.41, 5.74) is 5.43. The van der Waals surface area contributed by atoms with E-state index < -0.39 is 0 Å². The molecule has 0 aliphatic heterocycles. The Balaban J connectivity index is 3.29. The predicted molar refractivity (Wildman–Crippen MR) is 63.2 cm³/mol. The fraction of sp³-hybridized carbons (Fsp3) is 1.00. The van der Waals surface area contributed by atoms with Crippen LogP contribution < -0.4 is 5.73 Å². The van der Waals surface area contributed by atoms with Gasteiger partial charge in [-0.25, -0.2) is 0 Å². The first kappa shape index (κ1) is 13.3. The summed E-state index contributed by atoms with van der Waals surface area (Å²) >= 11 is 4.26. The van der Waals surface area contributed by atoms with E-state index in [2.05, 4.69) is 26.7 Å². The molecule has 80 valence electrons. The molecule has 0 aliphatic rings. The maximum atomic E-state index is 5.43. The second-order valence-corrected chi connectivity index (χ2v) is 4.76. The summed E-state index contributed by atoms with van der Waals surface area (Å²) in [4.78, 5) is 0. The summed E-state index contributed by atoms with van der Waals surface area (Å²) in [6.45, 7) is 3.28. The molecule has 3 heteroatoms. The van der Waals surface area contributed by atoms with Gasteiger partial charge in [0, 0.05) is 5.75 Å². The molecule has 0 aliphatic carbocycles. The van der Waals surface area contributed by atoms with Gasteiger partial charge in [-0.2, -0.15) is 12.6 Å². The van der Waals surface area contributed by atoms with Crippen LogP contribution in [0.25, 0.3) is 0 Å². The van der Waals surface area contributed by atoms with Gasteiger partial charge in [-0.3, -0.25) is 0 Å². The highest BCUT2D eigenvalue weighted by Crippen LogP contribution is 2.05. The van der Waals surface area contributed by atoms with Crippen LogP contribution in [0.5, 0.6) is 0 Å². The Labute approximate surface area is 88.5 Å². The van der Waals surface area contributed by atoms with Crippen molar-refractivity contribution in [1.82, 2.24) is 0 Å². The molecule has 0 spiro atoms. The Morgan fingerprint density at radius 2 is 1.62 bits per heavy atom. The van der Waals surface area contributed by atoms with E-state index in [1.165, 1.54) is 38.8 Å². The van der Waals surface area contributed by atoms with Crippen LogP contribution in [0.1, 0.15) is 25.7 Å². The minimum atomic E-state index is 0.842. The molecular formula is C10H25N2S+. The number of unbranched alkanes of at least 4 members (excludes halogenated alkanes) is 3. The zero-order valence-electron chi connectivity index (χ0n) is 9.13. The number of thiol groups is 1. The second-order valence-electron chi connectivity index (χ2n) is 4.31. The van der Waals surface area contributed by atoms with E-state index in [-0.39, 0.29) is 0 Å². The summed E-state index contributed by atoms with van der Waals surface area (Å²) in [7, 11) is 4.55. The van der Waals surface area contributed by atoms with Crippen molar-refractivity contribution >= 4 is 12.6 Å². The average Bonchev–Trinajstić information content (AvgIpc) is 2.04. The average molecular weight is 205 g/mol. The van der Waals surface area contributed by atoms with Gasteiger partial charge >= 0.3 is 0 Å². The van der Waals surface area contributed by atoms with Crippen LogP contribution in [-0.4, -0.2) is 44.0 Å². The lowest BCUT2D eigenvalue weighted by atomic mass is 10.2. The van der Waals surface area contributed by atoms with Crippen molar-refractivity contribution in [3.05, 3.63) is 0 Å². The first-order valence-corrected chi connectivity index (χ1v) is 5.88. The molecular weight excluding hydrogens is 180 g/mol. The number of quaternary nitrogens is 1. The minimum Gasteiger partial charge on any atom is -0.330 e. The molecule has 2 N–H and O–H groups in total. The summed E-state index contributed by atoms with van der Waals surface area (Å²) in [5, 5.41) is 0. The quantitative estimate of drug-likeness (QED) is 0.351. The lowest BCUT2D eigenvalue weighted by Crippen LogP contribution is -2.41. The summed E-state index contributed by atoms with van der Waals surface area (Å²) in [5.74, 6) is 0.982. The highest BCUT2D eigenvalue weighted by atomic mass is 32.1. The first-order chi connectivity index (χ1) is 6.12. The number of nitrogens with two attached hydrogens (primary N) is 1. The lowest BCUT2D eigenvalue weighted by molar-refractivity contribution is -0.888. The molecule has 2 nitrogen and oxygen atoms in total. The third-order valence-electron chi connectivity index (χ3n) is 2.42. The summed E-state index contributed by atoms with van der Waals surface area (Å²) in [6, 6.07) is 0. The Kier molecular flexibility index (Phi) is 7.81. The van der Waals surface area contributed by atoms with Crippen molar-refractivity contribution in [2.45, 2.75) is 25.7 Å². The lowest BCUT2D eigenvalue weighted by Gasteiger charge is -2.29. The van der Waals surface area contributed by atoms with E-state index in [0.29, 0.717) is 0 Å². The van der Waals surface area contributed by atoms with Crippen LogP contribution in [0.4, 0.5) is 0 Å². The van der Waals surface area contributed by atoms with Crippen molar-refractivity contribution in [1.29, 1.82) is 0 Å². The molecule has 0 aromatic heterocycles. The molecule has 0 saturated heterocycles. The van der Waals surface area contributed by atoms with Crippen LogP contribution in [0.3, 0.4) is 0 Å². The normalized spacial score (nSPS) is 12.0. The summed E-state index contributed by atoms with van der Waals surface area (Å²) < 4.78 is 1.10.